The number of ether oxygens (including phenoxy) is 1. The van der Waals surface area contributed by atoms with E-state index in [0.717, 1.165) is 0 Å². The maximum Gasteiger partial charge on any atom is 0.265 e. The molecule has 0 saturated heterocycles. The summed E-state index contributed by atoms with van der Waals surface area (Å²) in [5.74, 6) is 0.350. The van der Waals surface area contributed by atoms with Gasteiger partial charge in [0.05, 0.1) is 11.6 Å². The molecule has 82 valence electrons. The quantitative estimate of drug-likeness (QED) is 0.770. The fourth-order valence-electron chi connectivity index (χ4n) is 1.10. The van der Waals surface area contributed by atoms with Gasteiger partial charge in [-0.25, -0.2) is 5.43 Å². The lowest BCUT2D eigenvalue weighted by Crippen LogP contribution is -2.34. The molecule has 1 aromatic carbocycles. The number of benzene rings is 1. The number of nitrogens with one attached hydrogen (secondary N) is 2. The number of hydrazine groups is 1. The average Bonchev–Trinajstić information content (AvgIpc) is 2.21. The molecule has 1 aromatic rings. The predicted octanol–water partition coefficient (Wildman–Crippen LogP) is 1.60. The lowest BCUT2D eigenvalue weighted by atomic mass is 10.2. The Morgan fingerprint density at radius 1 is 1.53 bits per heavy atom. The van der Waals surface area contributed by atoms with E-state index in [1.165, 1.54) is 0 Å². The highest BCUT2D eigenvalue weighted by atomic mass is 35.5. The van der Waals surface area contributed by atoms with Gasteiger partial charge in [0, 0.05) is 12.6 Å². The van der Waals surface area contributed by atoms with E-state index in [9.17, 15) is 4.79 Å². The largest absolute Gasteiger partial charge is 0.492 e. The van der Waals surface area contributed by atoms with Crippen molar-refractivity contribution in [1.82, 2.24) is 10.9 Å². The van der Waals surface area contributed by atoms with Crippen molar-refractivity contribution in [1.29, 1.82) is 0 Å². The van der Waals surface area contributed by atoms with Crippen LogP contribution in [0.5, 0.6) is 5.75 Å². The van der Waals surface area contributed by atoms with Crippen molar-refractivity contribution in [3.8, 4) is 5.75 Å². The third-order valence-electron chi connectivity index (χ3n) is 1.73. The summed E-state index contributed by atoms with van der Waals surface area (Å²) in [5, 5.41) is 0.431. The van der Waals surface area contributed by atoms with Crippen LogP contribution in [0.4, 0.5) is 0 Å². The monoisotopic (exact) mass is 228 g/mol. The van der Waals surface area contributed by atoms with E-state index in [1.54, 1.807) is 25.2 Å². The Balaban J connectivity index is 2.86. The molecule has 1 amide bonds. The van der Waals surface area contributed by atoms with Gasteiger partial charge in [-0.1, -0.05) is 11.6 Å². The minimum atomic E-state index is -0.234. The number of carbonyl (C=O) groups excluding carboxylic acids is 1. The van der Waals surface area contributed by atoms with Crippen molar-refractivity contribution in [3.63, 3.8) is 0 Å². The molecule has 4 nitrogen and oxygen atoms in total. The SMILES string of the molecule is CCOc1ccc(C(=O)NNC)cc1Cl. The van der Waals surface area contributed by atoms with Crippen LogP contribution in [0, 0.1) is 0 Å². The second-order valence-electron chi connectivity index (χ2n) is 2.78. The summed E-state index contributed by atoms with van der Waals surface area (Å²) in [5.41, 5.74) is 5.49. The molecule has 0 fully saturated rings. The lowest BCUT2D eigenvalue weighted by Gasteiger charge is -2.07. The van der Waals surface area contributed by atoms with E-state index in [1.807, 2.05) is 6.92 Å². The first-order chi connectivity index (χ1) is 7.19. The van der Waals surface area contributed by atoms with Crippen molar-refractivity contribution in [2.45, 2.75) is 6.92 Å². The summed E-state index contributed by atoms with van der Waals surface area (Å²) in [4.78, 5) is 11.4. The second-order valence-corrected chi connectivity index (χ2v) is 3.19. The van der Waals surface area contributed by atoms with Crippen molar-refractivity contribution in [3.05, 3.63) is 28.8 Å². The number of hydrogen-bond acceptors (Lipinski definition) is 3. The maximum absolute atomic E-state index is 11.4. The minimum absolute atomic E-state index is 0.234. The van der Waals surface area contributed by atoms with E-state index in [0.29, 0.717) is 22.9 Å². The van der Waals surface area contributed by atoms with Gasteiger partial charge < -0.3 is 4.74 Å². The lowest BCUT2D eigenvalue weighted by molar-refractivity contribution is 0.0938. The third kappa shape index (κ3) is 3.11. The molecule has 1 rings (SSSR count). The fraction of sp³-hybridized carbons (Fsp3) is 0.300. The van der Waals surface area contributed by atoms with Gasteiger partial charge in [-0.05, 0) is 25.1 Å². The van der Waals surface area contributed by atoms with Crippen LogP contribution in [0.1, 0.15) is 17.3 Å². The first-order valence-corrected chi connectivity index (χ1v) is 4.96. The van der Waals surface area contributed by atoms with Gasteiger partial charge in [-0.3, -0.25) is 10.2 Å². The Morgan fingerprint density at radius 2 is 2.27 bits per heavy atom. The molecular weight excluding hydrogens is 216 g/mol. The smallest absolute Gasteiger partial charge is 0.265 e. The van der Waals surface area contributed by atoms with Gasteiger partial charge >= 0.3 is 0 Å². The van der Waals surface area contributed by atoms with Gasteiger partial charge in [0.15, 0.2) is 0 Å². The highest BCUT2D eigenvalue weighted by Gasteiger charge is 2.07. The van der Waals surface area contributed by atoms with E-state index < -0.39 is 0 Å². The van der Waals surface area contributed by atoms with Crippen LogP contribution in [0.15, 0.2) is 18.2 Å². The van der Waals surface area contributed by atoms with Crippen LogP contribution in [0.2, 0.25) is 5.02 Å². The van der Waals surface area contributed by atoms with Crippen molar-refractivity contribution >= 4 is 17.5 Å². The van der Waals surface area contributed by atoms with Gasteiger partial charge in [-0.2, -0.15) is 0 Å². The summed E-state index contributed by atoms with van der Waals surface area (Å²) < 4.78 is 5.25. The third-order valence-corrected chi connectivity index (χ3v) is 2.03. The Hall–Kier alpha value is -1.26. The van der Waals surface area contributed by atoms with Crippen molar-refractivity contribution in [2.75, 3.05) is 13.7 Å². The van der Waals surface area contributed by atoms with Crippen LogP contribution in [-0.2, 0) is 0 Å². The van der Waals surface area contributed by atoms with E-state index in [-0.39, 0.29) is 5.91 Å². The molecule has 2 N–H and O–H groups in total. The Kier molecular flexibility index (Phi) is 4.39. The summed E-state index contributed by atoms with van der Waals surface area (Å²) in [6.07, 6.45) is 0. The highest BCUT2D eigenvalue weighted by Crippen LogP contribution is 2.25. The zero-order valence-corrected chi connectivity index (χ0v) is 9.39. The normalized spacial score (nSPS) is 9.80. The summed E-state index contributed by atoms with van der Waals surface area (Å²) in [7, 11) is 1.62. The molecule has 0 unspecified atom stereocenters. The standard InChI is InChI=1S/C10H13ClN2O2/c1-3-15-9-5-4-7(6-8(9)11)10(14)13-12-2/h4-6,12H,3H2,1-2H3,(H,13,14). The van der Waals surface area contributed by atoms with E-state index >= 15 is 0 Å². The molecule has 0 radical (unpaired) electrons. The molecule has 5 heteroatoms. The Labute approximate surface area is 93.5 Å². The fourth-order valence-corrected chi connectivity index (χ4v) is 1.34. The number of carbonyl (C=O) groups is 1. The topological polar surface area (TPSA) is 50.4 Å². The van der Waals surface area contributed by atoms with Crippen LogP contribution in [-0.4, -0.2) is 19.6 Å². The van der Waals surface area contributed by atoms with E-state index in [2.05, 4.69) is 10.9 Å². The molecule has 0 aliphatic rings. The Morgan fingerprint density at radius 3 is 2.80 bits per heavy atom. The van der Waals surface area contributed by atoms with Crippen LogP contribution in [0.3, 0.4) is 0 Å². The average molecular weight is 229 g/mol. The van der Waals surface area contributed by atoms with Crippen molar-refractivity contribution < 1.29 is 9.53 Å². The molecule has 0 saturated carbocycles. The number of hydrogen-bond donors (Lipinski definition) is 2. The highest BCUT2D eigenvalue weighted by molar-refractivity contribution is 6.32. The molecule has 0 bridgehead atoms. The molecule has 0 atom stereocenters. The molecule has 15 heavy (non-hydrogen) atoms. The van der Waals surface area contributed by atoms with E-state index in [4.69, 9.17) is 16.3 Å². The first kappa shape index (κ1) is 11.8. The van der Waals surface area contributed by atoms with Gasteiger partial charge in [0.1, 0.15) is 5.75 Å². The predicted molar refractivity (Wildman–Crippen MR) is 59.1 cm³/mol. The van der Waals surface area contributed by atoms with Crippen LogP contribution < -0.4 is 15.6 Å². The Bertz CT molecular complexity index is 355. The number of rotatable bonds is 4. The maximum atomic E-state index is 11.4. The molecule has 0 aromatic heterocycles. The molecule has 0 aliphatic carbocycles. The zero-order valence-electron chi connectivity index (χ0n) is 8.63. The number of halogens is 1. The van der Waals surface area contributed by atoms with Crippen molar-refractivity contribution in [2.24, 2.45) is 0 Å². The van der Waals surface area contributed by atoms with Gasteiger partial charge in [0.2, 0.25) is 0 Å². The van der Waals surface area contributed by atoms with Gasteiger partial charge in [-0.15, -0.1) is 0 Å². The summed E-state index contributed by atoms with van der Waals surface area (Å²) in [6.45, 7) is 2.42. The zero-order chi connectivity index (χ0) is 11.3. The summed E-state index contributed by atoms with van der Waals surface area (Å²) in [6, 6.07) is 4.90. The minimum Gasteiger partial charge on any atom is -0.492 e. The van der Waals surface area contributed by atoms with Crippen LogP contribution >= 0.6 is 11.6 Å². The second kappa shape index (κ2) is 5.58. The van der Waals surface area contributed by atoms with Crippen LogP contribution in [0.25, 0.3) is 0 Å². The first-order valence-electron chi connectivity index (χ1n) is 4.58. The molecule has 0 aliphatic heterocycles. The molecule has 0 heterocycles. The summed E-state index contributed by atoms with van der Waals surface area (Å²) >= 11 is 5.93. The van der Waals surface area contributed by atoms with Gasteiger partial charge in [0.25, 0.3) is 5.91 Å². The number of amides is 1. The molecule has 0 spiro atoms. The molecular formula is C10H13ClN2O2.